The average Bonchev–Trinajstić information content (AvgIpc) is 2.48. The monoisotopic (exact) mass is 380 g/mol. The Morgan fingerprint density at radius 2 is 1.28 bits per heavy atom. The minimum absolute atomic E-state index is 0.289. The molecule has 1 fully saturated rings. The smallest absolute Gasteiger partial charge is 0.303 e. The van der Waals surface area contributed by atoms with E-state index in [0.29, 0.717) is 0 Å². The zero-order chi connectivity index (χ0) is 19.1. The number of carbonyl (C=O) groups is 4. The van der Waals surface area contributed by atoms with Gasteiger partial charge in [0.15, 0.2) is 18.3 Å². The van der Waals surface area contributed by atoms with Crippen LogP contribution in [0.1, 0.15) is 27.7 Å². The molecule has 0 saturated carbocycles. The van der Waals surface area contributed by atoms with E-state index in [0.717, 1.165) is 20.8 Å². The summed E-state index contributed by atoms with van der Waals surface area (Å²) in [4.78, 5) is 45.3. The van der Waals surface area contributed by atoms with Gasteiger partial charge in [-0.2, -0.15) is 0 Å². The average molecular weight is 380 g/mol. The molecule has 1 saturated heterocycles. The predicted octanol–water partition coefficient (Wildman–Crippen LogP) is -0.124. The fraction of sp³-hybridized carbons (Fsp3) is 0.714. The van der Waals surface area contributed by atoms with Crippen LogP contribution >= 0.6 is 9.47 Å². The van der Waals surface area contributed by atoms with Crippen molar-refractivity contribution in [1.29, 1.82) is 0 Å². The number of ether oxygens (including phenoxy) is 5. The molecule has 1 heterocycles. The first-order valence-corrected chi connectivity index (χ1v) is 7.78. The van der Waals surface area contributed by atoms with Gasteiger partial charge in [-0.1, -0.05) is 0 Å². The van der Waals surface area contributed by atoms with Gasteiger partial charge in [0.2, 0.25) is 6.29 Å². The third-order valence-corrected chi connectivity index (χ3v) is 3.35. The molecule has 0 radical (unpaired) electrons. The standard InChI is InChI=1S/C14H21O10P/c1-6(15)19-5-10-11(20-7(2)16)12(21-8(3)17)13(22-9(4)18)14(23-10)24-25/h10-14H,5,25H2,1-4H3/t10-,11-,12+,13+,14-/m1/s1. The zero-order valence-corrected chi connectivity index (χ0v) is 15.4. The molecule has 25 heavy (non-hydrogen) atoms. The molecule has 1 rings (SSSR count). The summed E-state index contributed by atoms with van der Waals surface area (Å²) in [6.07, 6.45) is -5.76. The normalized spacial score (nSPS) is 28.6. The second-order valence-electron chi connectivity index (χ2n) is 5.20. The van der Waals surface area contributed by atoms with Crippen LogP contribution in [0, 0.1) is 0 Å². The minimum Gasteiger partial charge on any atom is -0.463 e. The summed E-state index contributed by atoms with van der Waals surface area (Å²) in [5, 5.41) is 0. The van der Waals surface area contributed by atoms with E-state index in [-0.39, 0.29) is 6.61 Å². The van der Waals surface area contributed by atoms with Gasteiger partial charge in [0.1, 0.15) is 12.7 Å². The van der Waals surface area contributed by atoms with E-state index in [4.69, 9.17) is 28.2 Å². The lowest BCUT2D eigenvalue weighted by atomic mass is 9.98. The quantitative estimate of drug-likeness (QED) is 0.350. The Morgan fingerprint density at radius 1 is 0.800 bits per heavy atom. The van der Waals surface area contributed by atoms with Gasteiger partial charge in [0.05, 0.1) is 0 Å². The first-order chi connectivity index (χ1) is 11.6. The van der Waals surface area contributed by atoms with Gasteiger partial charge in [0, 0.05) is 37.2 Å². The summed E-state index contributed by atoms with van der Waals surface area (Å²) in [5.74, 6) is -2.65. The second kappa shape index (κ2) is 9.65. The van der Waals surface area contributed by atoms with Crippen molar-refractivity contribution in [2.75, 3.05) is 6.61 Å². The lowest BCUT2D eigenvalue weighted by Crippen LogP contribution is -2.62. The fourth-order valence-electron chi connectivity index (χ4n) is 2.30. The van der Waals surface area contributed by atoms with E-state index in [1.807, 2.05) is 9.47 Å². The fourth-order valence-corrected chi connectivity index (χ4v) is 2.52. The van der Waals surface area contributed by atoms with E-state index in [9.17, 15) is 19.2 Å². The lowest BCUT2D eigenvalue weighted by molar-refractivity contribution is -0.286. The molecule has 0 spiro atoms. The van der Waals surface area contributed by atoms with Crippen LogP contribution in [0.4, 0.5) is 0 Å². The van der Waals surface area contributed by atoms with Crippen LogP contribution in [0.25, 0.3) is 0 Å². The molecule has 1 aliphatic heterocycles. The molecule has 10 nitrogen and oxygen atoms in total. The molecule has 0 aromatic heterocycles. The van der Waals surface area contributed by atoms with E-state index in [1.165, 1.54) is 6.92 Å². The van der Waals surface area contributed by atoms with Gasteiger partial charge in [-0.15, -0.1) is 0 Å². The first-order valence-electron chi connectivity index (χ1n) is 7.31. The Hall–Kier alpha value is -1.77. The molecule has 0 aromatic carbocycles. The zero-order valence-electron chi connectivity index (χ0n) is 14.3. The predicted molar refractivity (Wildman–Crippen MR) is 82.8 cm³/mol. The van der Waals surface area contributed by atoms with Crippen molar-refractivity contribution in [2.45, 2.75) is 58.4 Å². The van der Waals surface area contributed by atoms with Crippen molar-refractivity contribution in [2.24, 2.45) is 0 Å². The van der Waals surface area contributed by atoms with Crippen LogP contribution in [0.3, 0.4) is 0 Å². The summed E-state index contributed by atoms with van der Waals surface area (Å²) in [7, 11) is 1.94. The number of hydrogen-bond acceptors (Lipinski definition) is 10. The third kappa shape index (κ3) is 6.56. The number of rotatable bonds is 6. The lowest BCUT2D eigenvalue weighted by Gasteiger charge is -2.43. The Kier molecular flexibility index (Phi) is 8.21. The highest BCUT2D eigenvalue weighted by atomic mass is 31.0. The van der Waals surface area contributed by atoms with Crippen LogP contribution in [-0.2, 0) is 47.4 Å². The van der Waals surface area contributed by atoms with Gasteiger partial charge in [-0.25, -0.2) is 0 Å². The van der Waals surface area contributed by atoms with Crippen LogP contribution in [0.5, 0.6) is 0 Å². The van der Waals surface area contributed by atoms with Crippen molar-refractivity contribution in [3.8, 4) is 0 Å². The third-order valence-electron chi connectivity index (χ3n) is 3.08. The van der Waals surface area contributed by atoms with Crippen molar-refractivity contribution in [3.63, 3.8) is 0 Å². The summed E-state index contributed by atoms with van der Waals surface area (Å²) in [5.41, 5.74) is 0. The second-order valence-corrected chi connectivity index (χ2v) is 5.48. The molecule has 0 amide bonds. The minimum atomic E-state index is -1.22. The van der Waals surface area contributed by atoms with Crippen LogP contribution < -0.4 is 0 Å². The first kappa shape index (κ1) is 21.3. The molecule has 0 bridgehead atoms. The molecule has 11 heteroatoms. The van der Waals surface area contributed by atoms with Gasteiger partial charge < -0.3 is 28.2 Å². The van der Waals surface area contributed by atoms with Crippen molar-refractivity contribution in [1.82, 2.24) is 0 Å². The van der Waals surface area contributed by atoms with Crippen molar-refractivity contribution in [3.05, 3.63) is 0 Å². The number of carbonyl (C=O) groups excluding carboxylic acids is 4. The molecule has 0 aromatic rings. The Bertz CT molecular complexity index is 522. The SMILES string of the molecule is CC(=O)OC[C@H]1O[C@H](OP)[C@@H](OC(C)=O)[C@@H](OC(C)=O)[C@@H]1OC(C)=O. The molecule has 0 N–H and O–H groups in total. The molecular formula is C14H21O10P. The van der Waals surface area contributed by atoms with E-state index in [1.54, 1.807) is 0 Å². The van der Waals surface area contributed by atoms with E-state index < -0.39 is 54.6 Å². The van der Waals surface area contributed by atoms with E-state index in [2.05, 4.69) is 0 Å². The molecule has 1 aliphatic rings. The van der Waals surface area contributed by atoms with Crippen LogP contribution in [0.2, 0.25) is 0 Å². The van der Waals surface area contributed by atoms with Crippen LogP contribution in [0.15, 0.2) is 0 Å². The molecule has 142 valence electrons. The number of hydrogen-bond donors (Lipinski definition) is 0. The Balaban J connectivity index is 3.18. The molecule has 6 atom stereocenters. The molecule has 1 unspecified atom stereocenters. The molecular weight excluding hydrogens is 359 g/mol. The highest BCUT2D eigenvalue weighted by Crippen LogP contribution is 2.30. The Labute approximate surface area is 146 Å². The largest absolute Gasteiger partial charge is 0.463 e. The molecule has 0 aliphatic carbocycles. The van der Waals surface area contributed by atoms with Crippen molar-refractivity contribution < 1.29 is 47.4 Å². The maximum atomic E-state index is 11.5. The van der Waals surface area contributed by atoms with Crippen molar-refractivity contribution >= 4 is 33.3 Å². The highest BCUT2D eigenvalue weighted by Gasteiger charge is 2.52. The van der Waals surface area contributed by atoms with Crippen LogP contribution in [-0.4, -0.2) is 61.2 Å². The van der Waals surface area contributed by atoms with E-state index >= 15 is 0 Å². The maximum Gasteiger partial charge on any atom is 0.303 e. The topological polar surface area (TPSA) is 124 Å². The summed E-state index contributed by atoms with van der Waals surface area (Å²) in [6, 6.07) is 0. The summed E-state index contributed by atoms with van der Waals surface area (Å²) in [6.45, 7) is 4.34. The summed E-state index contributed by atoms with van der Waals surface area (Å²) >= 11 is 0. The van der Waals surface area contributed by atoms with Gasteiger partial charge >= 0.3 is 23.9 Å². The maximum absolute atomic E-state index is 11.5. The van der Waals surface area contributed by atoms with Gasteiger partial charge in [-0.3, -0.25) is 19.2 Å². The Morgan fingerprint density at radius 3 is 1.72 bits per heavy atom. The summed E-state index contributed by atoms with van der Waals surface area (Å²) < 4.78 is 31.0. The van der Waals surface area contributed by atoms with Gasteiger partial charge in [0.25, 0.3) is 0 Å². The highest BCUT2D eigenvalue weighted by molar-refractivity contribution is 7.09. The van der Waals surface area contributed by atoms with Gasteiger partial charge in [-0.05, 0) is 0 Å². The number of esters is 4.